The van der Waals surface area contributed by atoms with E-state index in [9.17, 15) is 0 Å². The molecule has 0 heterocycles. The van der Waals surface area contributed by atoms with Crippen molar-refractivity contribution in [3.63, 3.8) is 0 Å². The monoisotopic (exact) mass is 269 g/mol. The highest BCUT2D eigenvalue weighted by molar-refractivity contribution is 5.09. The molecule has 2 saturated carbocycles. The molecule has 2 aliphatic carbocycles. The van der Waals surface area contributed by atoms with Gasteiger partial charge in [0.2, 0.25) is 0 Å². The maximum Gasteiger partial charge on any atom is 0.0707 e. The first-order chi connectivity index (χ1) is 8.98. The van der Waals surface area contributed by atoms with E-state index in [1.54, 1.807) is 0 Å². The van der Waals surface area contributed by atoms with Crippen molar-refractivity contribution in [2.24, 2.45) is 5.41 Å². The SMILES string of the molecule is CCNC1CC(OCCOC(C)(C)C)C12CCCC2. The normalized spacial score (nSPS) is 29.7. The Kier molecular flexibility index (Phi) is 4.91. The minimum Gasteiger partial charge on any atom is -0.375 e. The Hall–Kier alpha value is -0.120. The molecule has 112 valence electrons. The van der Waals surface area contributed by atoms with Crippen molar-refractivity contribution in [3.05, 3.63) is 0 Å². The molecule has 1 N–H and O–H groups in total. The van der Waals surface area contributed by atoms with Gasteiger partial charge in [0.15, 0.2) is 0 Å². The van der Waals surface area contributed by atoms with Gasteiger partial charge in [0, 0.05) is 11.5 Å². The number of ether oxygens (including phenoxy) is 2. The highest BCUT2D eigenvalue weighted by Crippen LogP contribution is 2.54. The Morgan fingerprint density at radius 3 is 2.42 bits per heavy atom. The van der Waals surface area contributed by atoms with Crippen molar-refractivity contribution in [1.29, 1.82) is 0 Å². The summed E-state index contributed by atoms with van der Waals surface area (Å²) in [6.07, 6.45) is 7.08. The molecule has 0 aromatic rings. The van der Waals surface area contributed by atoms with Gasteiger partial charge in [-0.25, -0.2) is 0 Å². The zero-order chi connectivity index (χ0) is 13.9. The first-order valence-corrected chi connectivity index (χ1v) is 7.97. The van der Waals surface area contributed by atoms with E-state index in [2.05, 4.69) is 33.0 Å². The summed E-state index contributed by atoms with van der Waals surface area (Å²) in [4.78, 5) is 0. The van der Waals surface area contributed by atoms with Crippen LogP contribution in [0.25, 0.3) is 0 Å². The molecule has 2 unspecified atom stereocenters. The lowest BCUT2D eigenvalue weighted by atomic mass is 9.60. The van der Waals surface area contributed by atoms with Crippen molar-refractivity contribution in [3.8, 4) is 0 Å². The maximum atomic E-state index is 6.12. The average molecular weight is 269 g/mol. The Bertz CT molecular complexity index is 279. The highest BCUT2D eigenvalue weighted by atomic mass is 16.5. The topological polar surface area (TPSA) is 30.5 Å². The van der Waals surface area contributed by atoms with Crippen molar-refractivity contribution < 1.29 is 9.47 Å². The van der Waals surface area contributed by atoms with E-state index in [0.717, 1.165) is 13.2 Å². The highest BCUT2D eigenvalue weighted by Gasteiger charge is 2.56. The van der Waals surface area contributed by atoms with Gasteiger partial charge >= 0.3 is 0 Å². The average Bonchev–Trinajstić information content (AvgIpc) is 2.82. The van der Waals surface area contributed by atoms with Crippen LogP contribution in [0, 0.1) is 5.41 Å². The molecule has 19 heavy (non-hydrogen) atoms. The van der Waals surface area contributed by atoms with E-state index in [-0.39, 0.29) is 5.60 Å². The molecule has 0 radical (unpaired) electrons. The summed E-state index contributed by atoms with van der Waals surface area (Å²) in [7, 11) is 0. The molecular formula is C16H31NO2. The lowest BCUT2D eigenvalue weighted by Crippen LogP contribution is -2.62. The second-order valence-corrected chi connectivity index (χ2v) is 7.11. The van der Waals surface area contributed by atoms with Gasteiger partial charge in [-0.2, -0.15) is 0 Å². The molecule has 0 aromatic heterocycles. The molecule has 3 heteroatoms. The summed E-state index contributed by atoms with van der Waals surface area (Å²) in [6, 6.07) is 0.688. The fourth-order valence-electron chi connectivity index (χ4n) is 3.76. The third-order valence-electron chi connectivity index (χ3n) is 4.71. The second-order valence-electron chi connectivity index (χ2n) is 7.11. The molecule has 3 nitrogen and oxygen atoms in total. The Morgan fingerprint density at radius 1 is 1.16 bits per heavy atom. The second kappa shape index (κ2) is 6.11. The number of rotatable bonds is 6. The zero-order valence-corrected chi connectivity index (χ0v) is 13.1. The minimum atomic E-state index is -0.0552. The molecule has 0 saturated heterocycles. The van der Waals surface area contributed by atoms with Crippen LogP contribution in [0.5, 0.6) is 0 Å². The van der Waals surface area contributed by atoms with Gasteiger partial charge in [0.25, 0.3) is 0 Å². The third-order valence-corrected chi connectivity index (χ3v) is 4.71. The van der Waals surface area contributed by atoms with E-state index in [4.69, 9.17) is 9.47 Å². The van der Waals surface area contributed by atoms with Crippen LogP contribution in [-0.4, -0.2) is 37.5 Å². The molecule has 0 aromatic carbocycles. The number of nitrogens with one attached hydrogen (secondary N) is 1. The predicted octanol–water partition coefficient (Wildman–Crippen LogP) is 3.13. The molecule has 1 spiro atoms. The van der Waals surface area contributed by atoms with Gasteiger partial charge in [-0.05, 0) is 46.6 Å². The van der Waals surface area contributed by atoms with Crippen LogP contribution < -0.4 is 5.32 Å². The maximum absolute atomic E-state index is 6.12. The molecule has 0 aliphatic heterocycles. The fourth-order valence-corrected chi connectivity index (χ4v) is 3.76. The summed E-state index contributed by atoms with van der Waals surface area (Å²) in [5, 5.41) is 3.65. The molecule has 0 bridgehead atoms. The van der Waals surface area contributed by atoms with Crippen LogP contribution >= 0.6 is 0 Å². The summed E-state index contributed by atoms with van der Waals surface area (Å²) in [6.45, 7) is 11.0. The molecule has 2 aliphatic rings. The molecule has 0 amide bonds. The van der Waals surface area contributed by atoms with Gasteiger partial charge < -0.3 is 14.8 Å². The molecule has 2 atom stereocenters. The van der Waals surface area contributed by atoms with E-state index in [1.165, 1.54) is 32.1 Å². The Balaban J connectivity index is 1.75. The largest absolute Gasteiger partial charge is 0.375 e. The standard InChI is InChI=1S/C16H31NO2/c1-5-17-13-12-14(16(13)8-6-7-9-16)18-10-11-19-15(2,3)4/h13-14,17H,5-12H2,1-4H3. The van der Waals surface area contributed by atoms with Crippen LogP contribution in [0.4, 0.5) is 0 Å². The lowest BCUT2D eigenvalue weighted by molar-refractivity contribution is -0.148. The van der Waals surface area contributed by atoms with Crippen LogP contribution in [0.15, 0.2) is 0 Å². The van der Waals surface area contributed by atoms with Crippen molar-refractivity contribution in [1.82, 2.24) is 5.32 Å². The van der Waals surface area contributed by atoms with Crippen LogP contribution in [0.3, 0.4) is 0 Å². The first-order valence-electron chi connectivity index (χ1n) is 7.97. The van der Waals surface area contributed by atoms with E-state index in [0.29, 0.717) is 24.2 Å². The van der Waals surface area contributed by atoms with E-state index >= 15 is 0 Å². The zero-order valence-electron chi connectivity index (χ0n) is 13.1. The number of hydrogen-bond acceptors (Lipinski definition) is 3. The molecule has 2 rings (SSSR count). The van der Waals surface area contributed by atoms with Gasteiger partial charge in [0.1, 0.15) is 0 Å². The molecule has 2 fully saturated rings. The van der Waals surface area contributed by atoms with Gasteiger partial charge in [-0.3, -0.25) is 0 Å². The minimum absolute atomic E-state index is 0.0552. The van der Waals surface area contributed by atoms with E-state index in [1.807, 2.05) is 0 Å². The van der Waals surface area contributed by atoms with Crippen LogP contribution in [0.2, 0.25) is 0 Å². The smallest absolute Gasteiger partial charge is 0.0707 e. The summed E-state index contributed by atoms with van der Waals surface area (Å²) in [5.74, 6) is 0. The van der Waals surface area contributed by atoms with Gasteiger partial charge in [-0.1, -0.05) is 19.8 Å². The fraction of sp³-hybridized carbons (Fsp3) is 1.00. The van der Waals surface area contributed by atoms with Gasteiger partial charge in [-0.15, -0.1) is 0 Å². The summed E-state index contributed by atoms with van der Waals surface area (Å²) < 4.78 is 11.9. The Morgan fingerprint density at radius 2 is 1.84 bits per heavy atom. The van der Waals surface area contributed by atoms with Crippen molar-refractivity contribution in [2.45, 2.75) is 77.5 Å². The Labute approximate surface area is 118 Å². The van der Waals surface area contributed by atoms with Crippen molar-refractivity contribution >= 4 is 0 Å². The summed E-state index contributed by atoms with van der Waals surface area (Å²) >= 11 is 0. The van der Waals surface area contributed by atoms with E-state index < -0.39 is 0 Å². The van der Waals surface area contributed by atoms with Crippen molar-refractivity contribution in [2.75, 3.05) is 19.8 Å². The molecular weight excluding hydrogens is 238 g/mol. The number of hydrogen-bond donors (Lipinski definition) is 1. The van der Waals surface area contributed by atoms with Gasteiger partial charge in [0.05, 0.1) is 24.9 Å². The van der Waals surface area contributed by atoms with Crippen LogP contribution in [0.1, 0.15) is 59.8 Å². The summed E-state index contributed by atoms with van der Waals surface area (Å²) in [5.41, 5.74) is 0.387. The third kappa shape index (κ3) is 3.50. The lowest BCUT2D eigenvalue weighted by Gasteiger charge is -2.54. The van der Waals surface area contributed by atoms with Crippen LogP contribution in [-0.2, 0) is 9.47 Å². The first kappa shape index (κ1) is 15.3. The predicted molar refractivity (Wildman–Crippen MR) is 78.4 cm³/mol. The quantitative estimate of drug-likeness (QED) is 0.752.